The number of para-hydroxylation sites is 1. The first-order valence-corrected chi connectivity index (χ1v) is 7.65. The molecular formula is C18H17F3N2O3. The molecule has 5 nitrogen and oxygen atoms in total. The third kappa shape index (κ3) is 5.51. The van der Waals surface area contributed by atoms with Crippen molar-refractivity contribution in [2.24, 2.45) is 0 Å². The quantitative estimate of drug-likeness (QED) is 0.771. The molecule has 138 valence electrons. The van der Waals surface area contributed by atoms with Crippen molar-refractivity contribution in [3.05, 3.63) is 59.7 Å². The molecule has 0 fully saturated rings. The zero-order chi connectivity index (χ0) is 19.2. The Labute approximate surface area is 148 Å². The number of carbonyl (C=O) groups is 2. The molecule has 0 atom stereocenters. The van der Waals surface area contributed by atoms with Gasteiger partial charge in [-0.2, -0.15) is 13.2 Å². The largest absolute Gasteiger partial charge is 0.496 e. The van der Waals surface area contributed by atoms with Crippen LogP contribution in [0.4, 0.5) is 18.9 Å². The third-order valence-electron chi connectivity index (χ3n) is 3.49. The van der Waals surface area contributed by atoms with Crippen LogP contribution in [0.25, 0.3) is 0 Å². The fraction of sp³-hybridized carbons (Fsp3) is 0.222. The van der Waals surface area contributed by atoms with Crippen LogP contribution in [0.3, 0.4) is 0 Å². The van der Waals surface area contributed by atoms with E-state index < -0.39 is 30.0 Å². The number of methoxy groups -OCH3 is 1. The first-order chi connectivity index (χ1) is 12.3. The summed E-state index contributed by atoms with van der Waals surface area (Å²) in [6, 6.07) is 11.1. The fourth-order valence-electron chi connectivity index (χ4n) is 2.20. The Hall–Kier alpha value is -3.03. The van der Waals surface area contributed by atoms with Crippen molar-refractivity contribution >= 4 is 17.5 Å². The van der Waals surface area contributed by atoms with Crippen LogP contribution in [0.5, 0.6) is 5.75 Å². The summed E-state index contributed by atoms with van der Waals surface area (Å²) in [6.45, 7) is 0.191. The van der Waals surface area contributed by atoms with E-state index in [1.54, 1.807) is 24.3 Å². The first-order valence-electron chi connectivity index (χ1n) is 7.65. The number of rotatable bonds is 6. The summed E-state index contributed by atoms with van der Waals surface area (Å²) in [4.78, 5) is 23.7. The molecule has 0 radical (unpaired) electrons. The zero-order valence-corrected chi connectivity index (χ0v) is 13.9. The second-order valence-corrected chi connectivity index (χ2v) is 5.39. The van der Waals surface area contributed by atoms with Gasteiger partial charge in [0.15, 0.2) is 0 Å². The van der Waals surface area contributed by atoms with Crippen molar-refractivity contribution in [1.82, 2.24) is 5.32 Å². The lowest BCUT2D eigenvalue weighted by Gasteiger charge is -2.10. The highest BCUT2D eigenvalue weighted by molar-refractivity contribution is 6.03. The van der Waals surface area contributed by atoms with E-state index >= 15 is 0 Å². The van der Waals surface area contributed by atoms with E-state index in [0.29, 0.717) is 5.75 Å². The number of anilines is 1. The Morgan fingerprint density at radius 3 is 2.27 bits per heavy atom. The number of hydrogen-bond donors (Lipinski definition) is 2. The molecule has 2 aromatic carbocycles. The van der Waals surface area contributed by atoms with Gasteiger partial charge in [-0.15, -0.1) is 0 Å². The van der Waals surface area contributed by atoms with Crippen LogP contribution in [0.2, 0.25) is 0 Å². The molecular weight excluding hydrogens is 349 g/mol. The summed E-state index contributed by atoms with van der Waals surface area (Å²) < 4.78 is 42.6. The molecule has 0 aromatic heterocycles. The van der Waals surface area contributed by atoms with Crippen molar-refractivity contribution in [2.75, 3.05) is 12.4 Å². The number of ether oxygens (including phenoxy) is 1. The van der Waals surface area contributed by atoms with Gasteiger partial charge in [0.2, 0.25) is 11.8 Å². The lowest BCUT2D eigenvalue weighted by molar-refractivity contribution is -0.137. The van der Waals surface area contributed by atoms with Gasteiger partial charge < -0.3 is 15.4 Å². The molecule has 0 aliphatic rings. The van der Waals surface area contributed by atoms with Gasteiger partial charge in [0.05, 0.1) is 12.7 Å². The van der Waals surface area contributed by atoms with Gasteiger partial charge in [0.25, 0.3) is 0 Å². The number of alkyl halides is 3. The lowest BCUT2D eigenvalue weighted by atomic mass is 10.2. The number of carbonyl (C=O) groups excluding carboxylic acids is 2. The molecule has 0 spiro atoms. The van der Waals surface area contributed by atoms with E-state index in [4.69, 9.17) is 4.74 Å². The van der Waals surface area contributed by atoms with E-state index in [1.165, 1.54) is 7.11 Å². The Morgan fingerprint density at radius 1 is 1.00 bits per heavy atom. The van der Waals surface area contributed by atoms with Crippen LogP contribution in [-0.4, -0.2) is 18.9 Å². The molecule has 0 heterocycles. The topological polar surface area (TPSA) is 67.4 Å². The Kier molecular flexibility index (Phi) is 6.21. The number of nitrogens with one attached hydrogen (secondary N) is 2. The smallest absolute Gasteiger partial charge is 0.416 e. The van der Waals surface area contributed by atoms with Crippen molar-refractivity contribution < 1.29 is 27.5 Å². The van der Waals surface area contributed by atoms with E-state index in [2.05, 4.69) is 10.6 Å². The number of hydrogen-bond acceptors (Lipinski definition) is 3. The van der Waals surface area contributed by atoms with Crippen molar-refractivity contribution in [3.8, 4) is 5.75 Å². The molecule has 0 bridgehead atoms. The highest BCUT2D eigenvalue weighted by Crippen LogP contribution is 2.29. The Morgan fingerprint density at radius 2 is 1.65 bits per heavy atom. The molecule has 2 amide bonds. The maximum atomic E-state index is 12.5. The SMILES string of the molecule is COc1ccccc1CNC(=O)CC(=O)Nc1ccc(C(F)(F)F)cc1. The second kappa shape index (κ2) is 8.37. The Bertz CT molecular complexity index is 774. The van der Waals surface area contributed by atoms with Crippen LogP contribution in [0.15, 0.2) is 48.5 Å². The monoisotopic (exact) mass is 366 g/mol. The van der Waals surface area contributed by atoms with Gasteiger partial charge in [-0.1, -0.05) is 18.2 Å². The molecule has 0 aliphatic carbocycles. The molecule has 2 rings (SSSR count). The standard InChI is InChI=1S/C18H17F3N2O3/c1-26-15-5-3-2-4-12(15)11-22-16(24)10-17(25)23-14-8-6-13(7-9-14)18(19,20)21/h2-9H,10-11H2,1H3,(H,22,24)(H,23,25). The molecule has 0 unspecified atom stereocenters. The van der Waals surface area contributed by atoms with Crippen molar-refractivity contribution in [1.29, 1.82) is 0 Å². The molecule has 8 heteroatoms. The molecule has 0 aliphatic heterocycles. The average Bonchev–Trinajstić information content (AvgIpc) is 2.59. The highest BCUT2D eigenvalue weighted by atomic mass is 19.4. The van der Waals surface area contributed by atoms with E-state index in [9.17, 15) is 22.8 Å². The van der Waals surface area contributed by atoms with Crippen molar-refractivity contribution in [3.63, 3.8) is 0 Å². The summed E-state index contributed by atoms with van der Waals surface area (Å²) in [5, 5.41) is 4.97. The summed E-state index contributed by atoms with van der Waals surface area (Å²) in [5.74, 6) is -0.524. The van der Waals surface area contributed by atoms with E-state index in [1.807, 2.05) is 0 Å². The van der Waals surface area contributed by atoms with E-state index in [-0.39, 0.29) is 12.2 Å². The number of halogens is 3. The maximum Gasteiger partial charge on any atom is 0.416 e. The van der Waals surface area contributed by atoms with Crippen LogP contribution in [0.1, 0.15) is 17.5 Å². The van der Waals surface area contributed by atoms with Gasteiger partial charge in [0.1, 0.15) is 12.2 Å². The Balaban J connectivity index is 1.84. The summed E-state index contributed by atoms with van der Waals surface area (Å²) in [6.07, 6.45) is -4.89. The fourth-order valence-corrected chi connectivity index (χ4v) is 2.20. The van der Waals surface area contributed by atoms with E-state index in [0.717, 1.165) is 29.8 Å². The van der Waals surface area contributed by atoms with Gasteiger partial charge in [0, 0.05) is 17.8 Å². The number of benzene rings is 2. The predicted octanol–water partition coefficient (Wildman–Crippen LogP) is 3.36. The minimum atomic E-state index is -4.44. The van der Waals surface area contributed by atoms with Gasteiger partial charge in [-0.25, -0.2) is 0 Å². The van der Waals surface area contributed by atoms with Crippen LogP contribution >= 0.6 is 0 Å². The first kappa shape index (κ1) is 19.3. The van der Waals surface area contributed by atoms with Gasteiger partial charge >= 0.3 is 6.18 Å². The van der Waals surface area contributed by atoms with Crippen molar-refractivity contribution in [2.45, 2.75) is 19.1 Å². The van der Waals surface area contributed by atoms with Crippen LogP contribution in [0, 0.1) is 0 Å². The van der Waals surface area contributed by atoms with Gasteiger partial charge in [-0.3, -0.25) is 9.59 Å². The number of amides is 2. The predicted molar refractivity (Wildman–Crippen MR) is 89.5 cm³/mol. The normalized spacial score (nSPS) is 10.9. The lowest BCUT2D eigenvalue weighted by Crippen LogP contribution is -2.27. The van der Waals surface area contributed by atoms with Crippen LogP contribution in [-0.2, 0) is 22.3 Å². The minimum absolute atomic E-state index is 0.181. The summed E-state index contributed by atoms with van der Waals surface area (Å²) in [5.41, 5.74) is 0.122. The molecule has 0 saturated heterocycles. The highest BCUT2D eigenvalue weighted by Gasteiger charge is 2.30. The van der Waals surface area contributed by atoms with Crippen LogP contribution < -0.4 is 15.4 Å². The molecule has 2 N–H and O–H groups in total. The third-order valence-corrected chi connectivity index (χ3v) is 3.49. The summed E-state index contributed by atoms with van der Waals surface area (Å²) >= 11 is 0. The second-order valence-electron chi connectivity index (χ2n) is 5.39. The molecule has 0 saturated carbocycles. The van der Waals surface area contributed by atoms with Gasteiger partial charge in [-0.05, 0) is 30.3 Å². The zero-order valence-electron chi connectivity index (χ0n) is 13.9. The summed E-state index contributed by atoms with van der Waals surface area (Å²) in [7, 11) is 1.51. The molecule has 26 heavy (non-hydrogen) atoms. The minimum Gasteiger partial charge on any atom is -0.496 e. The maximum absolute atomic E-state index is 12.5. The molecule has 2 aromatic rings. The average molecular weight is 366 g/mol.